The average Bonchev–Trinajstić information content (AvgIpc) is 2.75. The maximum Gasteiger partial charge on any atom is 0.224 e. The number of amides is 1. The summed E-state index contributed by atoms with van der Waals surface area (Å²) in [6.45, 7) is 4.52. The Balaban J connectivity index is 1.59. The van der Waals surface area contributed by atoms with Crippen molar-refractivity contribution in [2.45, 2.75) is 19.4 Å². The quantitative estimate of drug-likeness (QED) is 0.591. The van der Waals surface area contributed by atoms with Gasteiger partial charge in [-0.25, -0.2) is 4.39 Å². The van der Waals surface area contributed by atoms with E-state index in [-0.39, 0.29) is 23.6 Å². The van der Waals surface area contributed by atoms with Crippen molar-refractivity contribution in [2.75, 3.05) is 46.9 Å². The third-order valence-corrected chi connectivity index (χ3v) is 5.60. The highest BCUT2D eigenvalue weighted by Gasteiger charge is 2.32. The number of hydrogen-bond acceptors (Lipinski definition) is 4. The molecule has 3 rings (SSSR count). The van der Waals surface area contributed by atoms with Gasteiger partial charge in [-0.3, -0.25) is 9.69 Å². The lowest BCUT2D eigenvalue weighted by Gasteiger charge is -2.37. The Morgan fingerprint density at radius 2 is 1.97 bits per heavy atom. The number of ether oxygens (including phenoxy) is 1. The molecule has 1 N–H and O–H groups in total. The molecular weight excluding hydrogens is 393 g/mol. The van der Waals surface area contributed by atoms with Crippen LogP contribution in [-0.4, -0.2) is 62.6 Å². The van der Waals surface area contributed by atoms with E-state index >= 15 is 0 Å². The average molecular weight is 428 g/mol. The Morgan fingerprint density at radius 1 is 1.16 bits per heavy atom. The van der Waals surface area contributed by atoms with Crippen molar-refractivity contribution >= 4 is 5.91 Å². The highest BCUT2D eigenvalue weighted by Crippen LogP contribution is 2.25. The molecule has 0 unspecified atom stereocenters. The maximum atomic E-state index is 13.5. The first kappa shape index (κ1) is 23.2. The van der Waals surface area contributed by atoms with Crippen LogP contribution in [0.1, 0.15) is 18.4 Å². The summed E-state index contributed by atoms with van der Waals surface area (Å²) in [6, 6.07) is 16.5. The van der Waals surface area contributed by atoms with Crippen molar-refractivity contribution in [3.05, 3.63) is 66.0 Å². The predicted octanol–water partition coefficient (Wildman–Crippen LogP) is 3.41. The van der Waals surface area contributed by atoms with Crippen molar-refractivity contribution in [1.82, 2.24) is 15.1 Å². The molecule has 0 aliphatic carbocycles. The third-order valence-electron chi connectivity index (χ3n) is 5.60. The number of nitrogens with zero attached hydrogens (tertiary/aromatic N) is 2. The second kappa shape index (κ2) is 11.8. The molecule has 168 valence electrons. The Kier molecular flexibility index (Phi) is 8.85. The molecule has 2 aromatic carbocycles. The molecule has 2 aromatic rings. The molecule has 1 aliphatic heterocycles. The summed E-state index contributed by atoms with van der Waals surface area (Å²) in [5.41, 5.74) is 1.24. The first-order valence-corrected chi connectivity index (χ1v) is 11.1. The van der Waals surface area contributed by atoms with Crippen LogP contribution in [0, 0.1) is 17.7 Å². The number of carbonyl (C=O) groups excluding carboxylic acids is 1. The van der Waals surface area contributed by atoms with Gasteiger partial charge in [0.1, 0.15) is 11.6 Å². The summed E-state index contributed by atoms with van der Waals surface area (Å²) < 4.78 is 19.3. The zero-order chi connectivity index (χ0) is 22.1. The molecule has 5 nitrogen and oxygen atoms in total. The van der Waals surface area contributed by atoms with E-state index in [1.165, 1.54) is 17.7 Å². The third kappa shape index (κ3) is 7.96. The van der Waals surface area contributed by atoms with E-state index in [0.29, 0.717) is 18.9 Å². The highest BCUT2D eigenvalue weighted by molar-refractivity contribution is 5.79. The zero-order valence-corrected chi connectivity index (χ0v) is 18.6. The Bertz CT molecular complexity index is 815. The SMILES string of the molecule is CN(C)CCCNC(=O)[C@@H]1C[C@H](COc2cccc(F)c2)CN(Cc2ccccc2)C1. The number of likely N-dealkylation sites (tertiary alicyclic amines) is 1. The van der Waals surface area contributed by atoms with E-state index in [9.17, 15) is 9.18 Å². The monoisotopic (exact) mass is 427 g/mol. The van der Waals surface area contributed by atoms with Crippen molar-refractivity contribution in [1.29, 1.82) is 0 Å². The molecule has 31 heavy (non-hydrogen) atoms. The van der Waals surface area contributed by atoms with E-state index in [1.54, 1.807) is 12.1 Å². The van der Waals surface area contributed by atoms with E-state index < -0.39 is 0 Å². The van der Waals surface area contributed by atoms with E-state index in [0.717, 1.165) is 39.0 Å². The molecule has 0 aromatic heterocycles. The summed E-state index contributed by atoms with van der Waals surface area (Å²) in [4.78, 5) is 17.3. The number of benzene rings is 2. The number of halogens is 1. The molecule has 1 heterocycles. The summed E-state index contributed by atoms with van der Waals surface area (Å²) in [5.74, 6) is 0.482. The van der Waals surface area contributed by atoms with Crippen molar-refractivity contribution in [3.63, 3.8) is 0 Å². The lowest BCUT2D eigenvalue weighted by Crippen LogP contribution is -2.47. The smallest absolute Gasteiger partial charge is 0.224 e. The van der Waals surface area contributed by atoms with Crippen molar-refractivity contribution < 1.29 is 13.9 Å². The van der Waals surface area contributed by atoms with Crippen molar-refractivity contribution in [3.8, 4) is 5.75 Å². The Labute approximate surface area is 185 Å². The number of rotatable bonds is 10. The first-order chi connectivity index (χ1) is 15.0. The minimum absolute atomic E-state index is 0.0714. The fourth-order valence-corrected chi connectivity index (χ4v) is 4.11. The summed E-state index contributed by atoms with van der Waals surface area (Å²) in [6.07, 6.45) is 1.71. The van der Waals surface area contributed by atoms with Gasteiger partial charge in [-0.2, -0.15) is 0 Å². The second-order valence-corrected chi connectivity index (χ2v) is 8.69. The molecule has 0 bridgehead atoms. The standard InChI is InChI=1S/C25H34FN3O2/c1-28(2)13-7-12-27-25(30)22-14-21(19-31-24-11-6-10-23(26)15-24)17-29(18-22)16-20-8-4-3-5-9-20/h3-6,8-11,15,21-22H,7,12-14,16-19H2,1-2H3,(H,27,30)/t21-,22+/m0/s1. The van der Waals surface area contributed by atoms with Gasteiger partial charge in [-0.1, -0.05) is 36.4 Å². The summed E-state index contributed by atoms with van der Waals surface area (Å²) in [5, 5.41) is 3.11. The number of carbonyl (C=O) groups is 1. The van der Waals surface area contributed by atoms with Crippen LogP contribution in [0.2, 0.25) is 0 Å². The fourth-order valence-electron chi connectivity index (χ4n) is 4.11. The van der Waals surface area contributed by atoms with E-state index in [1.807, 2.05) is 32.3 Å². The van der Waals surface area contributed by atoms with Gasteiger partial charge in [-0.05, 0) is 51.2 Å². The van der Waals surface area contributed by atoms with Crippen LogP contribution < -0.4 is 10.1 Å². The van der Waals surface area contributed by atoms with Crippen LogP contribution in [0.5, 0.6) is 5.75 Å². The Hall–Kier alpha value is -2.44. The molecule has 1 aliphatic rings. The van der Waals surface area contributed by atoms with E-state index in [2.05, 4.69) is 27.2 Å². The first-order valence-electron chi connectivity index (χ1n) is 11.1. The number of nitrogens with one attached hydrogen (secondary N) is 1. The minimum Gasteiger partial charge on any atom is -0.493 e. The minimum atomic E-state index is -0.304. The van der Waals surface area contributed by atoms with Crippen molar-refractivity contribution in [2.24, 2.45) is 11.8 Å². The maximum absolute atomic E-state index is 13.5. The zero-order valence-electron chi connectivity index (χ0n) is 18.6. The van der Waals surface area contributed by atoms with Crippen LogP contribution in [0.3, 0.4) is 0 Å². The molecule has 0 saturated carbocycles. The van der Waals surface area contributed by atoms with Crippen LogP contribution in [0.15, 0.2) is 54.6 Å². The molecule has 0 radical (unpaired) electrons. The molecule has 6 heteroatoms. The van der Waals surface area contributed by atoms with Gasteiger partial charge in [0.2, 0.25) is 5.91 Å². The Morgan fingerprint density at radius 3 is 2.71 bits per heavy atom. The highest BCUT2D eigenvalue weighted by atomic mass is 19.1. The molecule has 1 saturated heterocycles. The van der Waals surface area contributed by atoms with Crippen LogP contribution >= 0.6 is 0 Å². The largest absolute Gasteiger partial charge is 0.493 e. The number of hydrogen-bond donors (Lipinski definition) is 1. The van der Waals surface area contributed by atoms with Gasteiger partial charge in [0.05, 0.1) is 12.5 Å². The lowest BCUT2D eigenvalue weighted by atomic mass is 9.88. The normalized spacial score (nSPS) is 19.4. The van der Waals surface area contributed by atoms with Crippen LogP contribution in [0.25, 0.3) is 0 Å². The van der Waals surface area contributed by atoms with Crippen LogP contribution in [-0.2, 0) is 11.3 Å². The molecule has 0 spiro atoms. The van der Waals surface area contributed by atoms with Gasteiger partial charge in [0, 0.05) is 38.2 Å². The van der Waals surface area contributed by atoms with Gasteiger partial charge in [0.25, 0.3) is 0 Å². The van der Waals surface area contributed by atoms with E-state index in [4.69, 9.17) is 4.74 Å². The van der Waals surface area contributed by atoms with Gasteiger partial charge < -0.3 is 15.0 Å². The van der Waals surface area contributed by atoms with Crippen LogP contribution in [0.4, 0.5) is 4.39 Å². The van der Waals surface area contributed by atoms with Gasteiger partial charge in [-0.15, -0.1) is 0 Å². The molecule has 2 atom stereocenters. The number of piperidine rings is 1. The predicted molar refractivity (Wildman–Crippen MR) is 121 cm³/mol. The lowest BCUT2D eigenvalue weighted by molar-refractivity contribution is -0.127. The molecule has 1 fully saturated rings. The molecular formula is C25H34FN3O2. The van der Waals surface area contributed by atoms with Gasteiger partial charge >= 0.3 is 0 Å². The fraction of sp³-hybridized carbons (Fsp3) is 0.480. The molecule has 1 amide bonds. The van der Waals surface area contributed by atoms with Gasteiger partial charge in [0.15, 0.2) is 0 Å². The topological polar surface area (TPSA) is 44.8 Å². The summed E-state index contributed by atoms with van der Waals surface area (Å²) in [7, 11) is 4.07. The second-order valence-electron chi connectivity index (χ2n) is 8.69. The summed E-state index contributed by atoms with van der Waals surface area (Å²) >= 11 is 0.